The molecular weight excluding hydrogens is 290 g/mol. The molecule has 0 aromatic heterocycles. The molecule has 0 unspecified atom stereocenters. The SMILES string of the molecule is C=Cc1cccc(N(C(/C=C\C)=C/C)c2ccc(C)cc2)c1C=C. The van der Waals surface area contributed by atoms with Crippen LogP contribution >= 0.6 is 0 Å². The Morgan fingerprint density at radius 2 is 1.67 bits per heavy atom. The Labute approximate surface area is 146 Å². The molecule has 0 fully saturated rings. The summed E-state index contributed by atoms with van der Waals surface area (Å²) in [4.78, 5) is 2.25. The Balaban J connectivity index is 2.74. The zero-order chi connectivity index (χ0) is 17.5. The molecule has 0 atom stereocenters. The first-order valence-corrected chi connectivity index (χ1v) is 8.20. The van der Waals surface area contributed by atoms with E-state index in [4.69, 9.17) is 0 Å². The van der Waals surface area contributed by atoms with Crippen LogP contribution in [-0.2, 0) is 0 Å². The smallest absolute Gasteiger partial charge is 0.0539 e. The molecule has 0 heterocycles. The van der Waals surface area contributed by atoms with Gasteiger partial charge < -0.3 is 4.90 Å². The van der Waals surface area contributed by atoms with Crippen LogP contribution in [0.3, 0.4) is 0 Å². The highest BCUT2D eigenvalue weighted by atomic mass is 15.1. The highest BCUT2D eigenvalue weighted by molar-refractivity contribution is 5.82. The quantitative estimate of drug-likeness (QED) is 0.524. The fourth-order valence-corrected chi connectivity index (χ4v) is 2.76. The molecule has 0 radical (unpaired) electrons. The highest BCUT2D eigenvalue weighted by Crippen LogP contribution is 2.35. The molecule has 1 heteroatoms. The maximum Gasteiger partial charge on any atom is 0.0539 e. The lowest BCUT2D eigenvalue weighted by Crippen LogP contribution is -2.16. The van der Waals surface area contributed by atoms with Gasteiger partial charge in [0.25, 0.3) is 0 Å². The second-order valence-electron chi connectivity index (χ2n) is 5.57. The Kier molecular flexibility index (Phi) is 5.97. The maximum atomic E-state index is 4.01. The summed E-state index contributed by atoms with van der Waals surface area (Å²) in [6.07, 6.45) is 10.1. The van der Waals surface area contributed by atoms with Crippen molar-refractivity contribution < 1.29 is 0 Å². The van der Waals surface area contributed by atoms with Crippen LogP contribution in [0.15, 0.2) is 79.5 Å². The van der Waals surface area contributed by atoms with Gasteiger partial charge in [0.1, 0.15) is 0 Å². The van der Waals surface area contributed by atoms with E-state index in [9.17, 15) is 0 Å². The molecule has 0 spiro atoms. The zero-order valence-electron chi connectivity index (χ0n) is 14.8. The summed E-state index contributed by atoms with van der Waals surface area (Å²) in [5, 5.41) is 0. The number of anilines is 2. The van der Waals surface area contributed by atoms with Crippen molar-refractivity contribution in [3.05, 3.63) is 96.2 Å². The molecule has 122 valence electrons. The topological polar surface area (TPSA) is 3.24 Å². The van der Waals surface area contributed by atoms with Crippen molar-refractivity contribution in [2.75, 3.05) is 4.90 Å². The molecule has 2 aromatic carbocycles. The summed E-state index contributed by atoms with van der Waals surface area (Å²) in [6, 6.07) is 14.8. The Bertz CT molecular complexity index is 776. The molecule has 24 heavy (non-hydrogen) atoms. The summed E-state index contributed by atoms with van der Waals surface area (Å²) < 4.78 is 0. The van der Waals surface area contributed by atoms with E-state index in [0.29, 0.717) is 0 Å². The van der Waals surface area contributed by atoms with Crippen LogP contribution < -0.4 is 4.90 Å². The van der Waals surface area contributed by atoms with Crippen molar-refractivity contribution in [3.63, 3.8) is 0 Å². The van der Waals surface area contributed by atoms with Crippen LogP contribution in [0.1, 0.15) is 30.5 Å². The van der Waals surface area contributed by atoms with Crippen molar-refractivity contribution in [1.82, 2.24) is 0 Å². The second kappa shape index (κ2) is 8.16. The monoisotopic (exact) mass is 315 g/mol. The van der Waals surface area contributed by atoms with E-state index < -0.39 is 0 Å². The molecular formula is C23H25N. The lowest BCUT2D eigenvalue weighted by atomic mass is 10.0. The number of rotatable bonds is 6. The van der Waals surface area contributed by atoms with E-state index in [1.54, 1.807) is 0 Å². The Morgan fingerprint density at radius 1 is 0.958 bits per heavy atom. The third kappa shape index (κ3) is 3.57. The van der Waals surface area contributed by atoms with Crippen LogP contribution in [-0.4, -0.2) is 0 Å². The predicted molar refractivity (Wildman–Crippen MR) is 109 cm³/mol. The molecule has 0 aliphatic heterocycles. The standard InChI is InChI=1S/C23H25N/c1-6-11-20(8-3)24(21-16-14-18(5)15-17-21)23-13-10-12-19(7-2)22(23)9-4/h6-17H,2,4H2,1,3,5H3/b11-6-,20-8+. The maximum absolute atomic E-state index is 4.01. The van der Waals surface area contributed by atoms with Crippen LogP contribution in [0.5, 0.6) is 0 Å². The van der Waals surface area contributed by atoms with Gasteiger partial charge in [-0.3, -0.25) is 0 Å². The molecule has 0 bridgehead atoms. The minimum absolute atomic E-state index is 1.08. The van der Waals surface area contributed by atoms with Gasteiger partial charge in [-0.15, -0.1) is 0 Å². The van der Waals surface area contributed by atoms with Gasteiger partial charge in [-0.05, 0) is 50.6 Å². The zero-order valence-corrected chi connectivity index (χ0v) is 14.8. The van der Waals surface area contributed by atoms with Gasteiger partial charge in [0.05, 0.1) is 5.69 Å². The molecule has 0 aliphatic carbocycles. The fraction of sp³-hybridized carbons (Fsp3) is 0.130. The summed E-state index contributed by atoms with van der Waals surface area (Å²) in [6.45, 7) is 14.1. The lowest BCUT2D eigenvalue weighted by molar-refractivity contribution is 1.19. The van der Waals surface area contributed by atoms with Gasteiger partial charge in [0.2, 0.25) is 0 Å². The minimum Gasteiger partial charge on any atom is -0.310 e. The number of hydrogen-bond acceptors (Lipinski definition) is 1. The van der Waals surface area contributed by atoms with E-state index in [0.717, 1.165) is 28.2 Å². The summed E-state index contributed by atoms with van der Waals surface area (Å²) in [5.74, 6) is 0. The third-order valence-electron chi connectivity index (χ3n) is 3.97. The molecule has 2 aromatic rings. The van der Waals surface area contributed by atoms with Gasteiger partial charge in [-0.25, -0.2) is 0 Å². The highest BCUT2D eigenvalue weighted by Gasteiger charge is 2.16. The van der Waals surface area contributed by atoms with Gasteiger partial charge in [0.15, 0.2) is 0 Å². The number of benzene rings is 2. The summed E-state index contributed by atoms with van der Waals surface area (Å²) in [7, 11) is 0. The van der Waals surface area contributed by atoms with Crippen LogP contribution in [0, 0.1) is 6.92 Å². The van der Waals surface area contributed by atoms with Crippen LogP contribution in [0.4, 0.5) is 11.4 Å². The lowest BCUT2D eigenvalue weighted by Gasteiger charge is -2.28. The summed E-state index contributed by atoms with van der Waals surface area (Å²) >= 11 is 0. The molecule has 0 aliphatic rings. The molecule has 0 N–H and O–H groups in total. The van der Waals surface area contributed by atoms with Crippen LogP contribution in [0.2, 0.25) is 0 Å². The molecule has 0 saturated heterocycles. The van der Waals surface area contributed by atoms with Crippen molar-refractivity contribution in [1.29, 1.82) is 0 Å². The predicted octanol–water partition coefficient (Wildman–Crippen LogP) is 6.90. The third-order valence-corrected chi connectivity index (χ3v) is 3.97. The first kappa shape index (κ1) is 17.6. The van der Waals surface area contributed by atoms with E-state index in [1.165, 1.54) is 5.56 Å². The number of hydrogen-bond donors (Lipinski definition) is 0. The molecule has 0 amide bonds. The second-order valence-corrected chi connectivity index (χ2v) is 5.57. The van der Waals surface area contributed by atoms with Gasteiger partial charge in [0, 0.05) is 16.9 Å². The average molecular weight is 315 g/mol. The molecule has 2 rings (SSSR count). The van der Waals surface area contributed by atoms with Crippen LogP contribution in [0.25, 0.3) is 12.2 Å². The minimum atomic E-state index is 1.08. The van der Waals surface area contributed by atoms with Crippen molar-refractivity contribution >= 4 is 23.5 Å². The fourth-order valence-electron chi connectivity index (χ4n) is 2.76. The number of allylic oxidation sites excluding steroid dienone is 3. The molecule has 0 saturated carbocycles. The first-order chi connectivity index (χ1) is 11.7. The average Bonchev–Trinajstić information content (AvgIpc) is 2.62. The number of nitrogens with zero attached hydrogens (tertiary/aromatic N) is 1. The van der Waals surface area contributed by atoms with E-state index >= 15 is 0 Å². The normalized spacial score (nSPS) is 11.5. The van der Waals surface area contributed by atoms with Gasteiger partial charge in [-0.1, -0.05) is 67.3 Å². The largest absolute Gasteiger partial charge is 0.310 e. The van der Waals surface area contributed by atoms with Gasteiger partial charge >= 0.3 is 0 Å². The molecule has 1 nitrogen and oxygen atoms in total. The number of aryl methyl sites for hydroxylation is 1. The van der Waals surface area contributed by atoms with Crippen molar-refractivity contribution in [2.45, 2.75) is 20.8 Å². The Morgan fingerprint density at radius 3 is 2.21 bits per heavy atom. The van der Waals surface area contributed by atoms with Crippen molar-refractivity contribution in [2.24, 2.45) is 0 Å². The van der Waals surface area contributed by atoms with E-state index in [-0.39, 0.29) is 0 Å². The van der Waals surface area contributed by atoms with Gasteiger partial charge in [-0.2, -0.15) is 0 Å². The van der Waals surface area contributed by atoms with E-state index in [2.05, 4.69) is 92.6 Å². The first-order valence-electron chi connectivity index (χ1n) is 8.20. The summed E-state index contributed by atoms with van der Waals surface area (Å²) in [5.41, 5.74) is 6.74. The van der Waals surface area contributed by atoms with Crippen molar-refractivity contribution in [3.8, 4) is 0 Å². The van der Waals surface area contributed by atoms with E-state index in [1.807, 2.05) is 19.1 Å². The Hall–Kier alpha value is -2.80.